The number of aliphatic hydroxyl groups excluding tert-OH is 1. The first-order valence-corrected chi connectivity index (χ1v) is 13.6. The molecule has 0 aromatic heterocycles. The van der Waals surface area contributed by atoms with Crippen molar-refractivity contribution < 1.29 is 14.6 Å². The van der Waals surface area contributed by atoms with E-state index in [4.69, 9.17) is 4.74 Å². The number of ether oxygens (including phenoxy) is 1. The molecule has 9 atom stereocenters. The molecule has 3 nitrogen and oxygen atoms in total. The number of aliphatic hydroxyl groups is 1. The molecule has 32 heavy (non-hydrogen) atoms. The number of carbonyl (C=O) groups excluding carboxylic acids is 1. The average Bonchev–Trinajstić information content (AvgIpc) is 3.05. The molecule has 0 unspecified atom stereocenters. The maximum absolute atomic E-state index is 12.0. The minimum atomic E-state index is -0.383. The summed E-state index contributed by atoms with van der Waals surface area (Å²) >= 11 is 0. The van der Waals surface area contributed by atoms with Crippen LogP contribution in [0.4, 0.5) is 0 Å². The minimum Gasteiger partial charge on any atom is -0.462 e. The van der Waals surface area contributed by atoms with Gasteiger partial charge in [-0.2, -0.15) is 0 Å². The number of rotatable bonds is 6. The number of esters is 1. The van der Waals surface area contributed by atoms with Crippen LogP contribution in [0.15, 0.2) is 11.6 Å². The number of allylic oxidation sites excluding steroid dienone is 1. The SMILES string of the molecule is CC(=O)O[C@H]1C[C@H](O)CC2=CC[C@H]3[C@@H]4CC[C@H]([C@H](C)CCCC(C)C)[C@@]4(C)CC[C@@H]3[C@]21C. The van der Waals surface area contributed by atoms with Gasteiger partial charge in [0, 0.05) is 18.8 Å². The number of hydrogen-bond donors (Lipinski definition) is 1. The van der Waals surface area contributed by atoms with Crippen molar-refractivity contribution in [3.63, 3.8) is 0 Å². The topological polar surface area (TPSA) is 46.5 Å². The largest absolute Gasteiger partial charge is 0.462 e. The molecule has 1 N–H and O–H groups in total. The number of fused-ring (bicyclic) bond motifs is 5. The van der Waals surface area contributed by atoms with Gasteiger partial charge in [0.1, 0.15) is 6.10 Å². The molecule has 4 aliphatic carbocycles. The van der Waals surface area contributed by atoms with Gasteiger partial charge >= 0.3 is 5.97 Å². The molecule has 182 valence electrons. The highest BCUT2D eigenvalue weighted by Crippen LogP contribution is 2.67. The van der Waals surface area contributed by atoms with Crippen molar-refractivity contribution in [1.82, 2.24) is 0 Å². The van der Waals surface area contributed by atoms with Gasteiger partial charge in [-0.3, -0.25) is 4.79 Å². The van der Waals surface area contributed by atoms with E-state index in [1.807, 2.05) is 0 Å². The Morgan fingerprint density at radius 1 is 1.16 bits per heavy atom. The Balaban J connectivity index is 1.55. The lowest BCUT2D eigenvalue weighted by molar-refractivity contribution is -0.166. The number of hydrogen-bond acceptors (Lipinski definition) is 3. The van der Waals surface area contributed by atoms with Crippen LogP contribution in [0.5, 0.6) is 0 Å². The summed E-state index contributed by atoms with van der Waals surface area (Å²) in [5, 5.41) is 10.5. The Hall–Kier alpha value is -0.830. The second kappa shape index (κ2) is 9.08. The van der Waals surface area contributed by atoms with Crippen LogP contribution in [0, 0.1) is 46.3 Å². The summed E-state index contributed by atoms with van der Waals surface area (Å²) in [5.74, 6) is 4.35. The normalized spacial score (nSPS) is 44.3. The molecular formula is C29H48O3. The molecule has 0 amide bonds. The van der Waals surface area contributed by atoms with Gasteiger partial charge in [-0.1, -0.05) is 65.5 Å². The summed E-state index contributed by atoms with van der Waals surface area (Å²) in [6.07, 6.45) is 13.8. The van der Waals surface area contributed by atoms with Crippen molar-refractivity contribution in [3.05, 3.63) is 11.6 Å². The third-order valence-corrected chi connectivity index (χ3v) is 10.7. The van der Waals surface area contributed by atoms with E-state index in [0.717, 1.165) is 36.5 Å². The Labute approximate surface area is 196 Å². The highest BCUT2D eigenvalue weighted by Gasteiger charge is 2.61. The van der Waals surface area contributed by atoms with Gasteiger partial charge in [-0.05, 0) is 79.4 Å². The molecule has 0 aromatic carbocycles. The molecule has 0 heterocycles. The molecule has 4 rings (SSSR count). The summed E-state index contributed by atoms with van der Waals surface area (Å²) in [4.78, 5) is 12.0. The van der Waals surface area contributed by atoms with Crippen molar-refractivity contribution in [2.45, 2.75) is 118 Å². The fraction of sp³-hybridized carbons (Fsp3) is 0.897. The van der Waals surface area contributed by atoms with Crippen LogP contribution in [0.3, 0.4) is 0 Å². The molecule has 0 bridgehead atoms. The van der Waals surface area contributed by atoms with Crippen LogP contribution < -0.4 is 0 Å². The van der Waals surface area contributed by atoms with Gasteiger partial charge in [-0.25, -0.2) is 0 Å². The first-order valence-electron chi connectivity index (χ1n) is 13.6. The lowest BCUT2D eigenvalue weighted by Gasteiger charge is -2.60. The van der Waals surface area contributed by atoms with Crippen LogP contribution in [0.2, 0.25) is 0 Å². The van der Waals surface area contributed by atoms with Crippen molar-refractivity contribution in [3.8, 4) is 0 Å². The fourth-order valence-corrected chi connectivity index (χ4v) is 9.07. The molecule has 0 radical (unpaired) electrons. The second-order valence-corrected chi connectivity index (χ2v) is 12.8. The van der Waals surface area contributed by atoms with E-state index in [0.29, 0.717) is 23.7 Å². The van der Waals surface area contributed by atoms with Gasteiger partial charge in [0.05, 0.1) is 6.10 Å². The third-order valence-electron chi connectivity index (χ3n) is 10.7. The van der Waals surface area contributed by atoms with E-state index >= 15 is 0 Å². The summed E-state index contributed by atoms with van der Waals surface area (Å²) in [5.41, 5.74) is 1.73. The zero-order valence-corrected chi connectivity index (χ0v) is 21.5. The van der Waals surface area contributed by atoms with Gasteiger partial charge in [0.2, 0.25) is 0 Å². The first-order chi connectivity index (χ1) is 15.1. The predicted molar refractivity (Wildman–Crippen MR) is 130 cm³/mol. The lowest BCUT2D eigenvalue weighted by atomic mass is 9.46. The molecule has 3 heteroatoms. The van der Waals surface area contributed by atoms with E-state index in [1.165, 1.54) is 57.4 Å². The summed E-state index contributed by atoms with van der Waals surface area (Å²) < 4.78 is 5.90. The molecule has 4 aliphatic rings. The van der Waals surface area contributed by atoms with Crippen LogP contribution in [0.1, 0.15) is 106 Å². The molecule has 0 aromatic rings. The van der Waals surface area contributed by atoms with E-state index in [9.17, 15) is 9.90 Å². The van der Waals surface area contributed by atoms with E-state index in [2.05, 4.69) is 40.7 Å². The van der Waals surface area contributed by atoms with Crippen molar-refractivity contribution in [2.75, 3.05) is 0 Å². The van der Waals surface area contributed by atoms with E-state index < -0.39 is 0 Å². The molecule has 0 saturated heterocycles. The predicted octanol–water partition coefficient (Wildman–Crippen LogP) is 6.93. The first kappa shape index (κ1) is 24.3. The molecule has 3 fully saturated rings. The molecule has 0 aliphatic heterocycles. The second-order valence-electron chi connectivity index (χ2n) is 12.8. The maximum Gasteiger partial charge on any atom is 0.302 e. The van der Waals surface area contributed by atoms with E-state index in [1.54, 1.807) is 0 Å². The van der Waals surface area contributed by atoms with Gasteiger partial charge in [0.25, 0.3) is 0 Å². The summed E-state index contributed by atoms with van der Waals surface area (Å²) in [6.45, 7) is 13.7. The molecule has 0 spiro atoms. The lowest BCUT2D eigenvalue weighted by Crippen LogP contribution is -2.56. The third kappa shape index (κ3) is 4.10. The summed E-state index contributed by atoms with van der Waals surface area (Å²) in [6, 6.07) is 0. The van der Waals surface area contributed by atoms with Crippen LogP contribution >= 0.6 is 0 Å². The van der Waals surface area contributed by atoms with Crippen molar-refractivity contribution >= 4 is 5.97 Å². The maximum atomic E-state index is 12.0. The van der Waals surface area contributed by atoms with Gasteiger partial charge in [-0.15, -0.1) is 0 Å². The minimum absolute atomic E-state index is 0.101. The zero-order valence-electron chi connectivity index (χ0n) is 21.5. The highest BCUT2D eigenvalue weighted by atomic mass is 16.5. The van der Waals surface area contributed by atoms with Gasteiger partial charge < -0.3 is 9.84 Å². The summed E-state index contributed by atoms with van der Waals surface area (Å²) in [7, 11) is 0. The Bertz CT molecular complexity index is 726. The van der Waals surface area contributed by atoms with Crippen LogP contribution in [-0.2, 0) is 9.53 Å². The average molecular weight is 445 g/mol. The Morgan fingerprint density at radius 3 is 2.59 bits per heavy atom. The quantitative estimate of drug-likeness (QED) is 0.357. The Kier molecular flexibility index (Phi) is 6.90. The zero-order chi connectivity index (χ0) is 23.3. The highest BCUT2D eigenvalue weighted by molar-refractivity contribution is 5.66. The molecule has 3 saturated carbocycles. The Morgan fingerprint density at radius 2 is 1.91 bits per heavy atom. The van der Waals surface area contributed by atoms with Crippen molar-refractivity contribution in [2.24, 2.45) is 46.3 Å². The monoisotopic (exact) mass is 444 g/mol. The van der Waals surface area contributed by atoms with Crippen LogP contribution in [-0.4, -0.2) is 23.3 Å². The van der Waals surface area contributed by atoms with Crippen LogP contribution in [0.25, 0.3) is 0 Å². The van der Waals surface area contributed by atoms with Crippen molar-refractivity contribution in [1.29, 1.82) is 0 Å². The smallest absolute Gasteiger partial charge is 0.302 e. The fourth-order valence-electron chi connectivity index (χ4n) is 9.07. The van der Waals surface area contributed by atoms with E-state index in [-0.39, 0.29) is 23.6 Å². The molecular weight excluding hydrogens is 396 g/mol. The van der Waals surface area contributed by atoms with Gasteiger partial charge in [0.15, 0.2) is 0 Å². The standard InChI is InChI=1S/C29H48O3/c1-18(2)8-7-9-19(3)24-12-13-25-23-11-10-21-16-22(31)17-27(32-20(4)30)29(21,6)26(23)14-15-28(24,25)5/h10,18-19,22-27,31H,7-9,11-17H2,1-6H3/t19-,22-,23+,24-,25+,26+,27+,28-,29+/m1/s1. The number of carbonyl (C=O) groups is 1.